The van der Waals surface area contributed by atoms with Crippen molar-refractivity contribution in [2.24, 2.45) is 0 Å². The Morgan fingerprint density at radius 2 is 2.00 bits per heavy atom. The molecule has 7 nitrogen and oxygen atoms in total. The van der Waals surface area contributed by atoms with Gasteiger partial charge in [-0.3, -0.25) is 4.79 Å². The quantitative estimate of drug-likeness (QED) is 0.645. The van der Waals surface area contributed by atoms with Crippen LogP contribution in [-0.4, -0.2) is 43.6 Å². The van der Waals surface area contributed by atoms with Crippen LogP contribution in [0.3, 0.4) is 0 Å². The fraction of sp³-hybridized carbons (Fsp3) is 0.429. The smallest absolute Gasteiger partial charge is 0.267 e. The summed E-state index contributed by atoms with van der Waals surface area (Å²) in [7, 11) is 0. The third kappa shape index (κ3) is 4.38. The van der Waals surface area contributed by atoms with Crippen LogP contribution in [0, 0.1) is 13.8 Å². The van der Waals surface area contributed by atoms with Gasteiger partial charge in [0.2, 0.25) is 0 Å². The van der Waals surface area contributed by atoms with Crippen molar-refractivity contribution in [3.63, 3.8) is 0 Å². The fourth-order valence-corrected chi connectivity index (χ4v) is 5.28. The van der Waals surface area contributed by atoms with Crippen molar-refractivity contribution in [2.45, 2.75) is 45.3 Å². The Morgan fingerprint density at radius 3 is 2.73 bits per heavy atom. The van der Waals surface area contributed by atoms with Gasteiger partial charge in [-0.25, -0.2) is 4.98 Å². The van der Waals surface area contributed by atoms with E-state index in [0.717, 1.165) is 27.9 Å². The topological polar surface area (TPSA) is 88.4 Å². The van der Waals surface area contributed by atoms with E-state index in [1.54, 1.807) is 11.8 Å². The highest BCUT2D eigenvalue weighted by Crippen LogP contribution is 2.37. The molecule has 9 heteroatoms. The predicted octanol–water partition coefficient (Wildman–Crippen LogP) is 3.70. The Balaban J connectivity index is 1.45. The van der Waals surface area contributed by atoms with Gasteiger partial charge in [0.1, 0.15) is 27.8 Å². The number of carbonyl (C=O) groups is 1. The van der Waals surface area contributed by atoms with Crippen LogP contribution < -0.4 is 4.74 Å². The number of aliphatic hydroxyl groups is 1. The van der Waals surface area contributed by atoms with Crippen molar-refractivity contribution in [3.8, 4) is 5.75 Å². The molecule has 0 spiro atoms. The molecule has 2 aromatic heterocycles. The number of para-hydroxylation sites is 1. The fourth-order valence-electron chi connectivity index (χ4n) is 3.53. The number of ether oxygens (including phenoxy) is 1. The summed E-state index contributed by atoms with van der Waals surface area (Å²) in [6.07, 6.45) is 1.74. The standard InChI is InChI=1S/C21H24N4O3S2/c1-14-17(13-28-16-7-4-3-5-8-16)29-20(22-14)21(27)9-6-11-25(12-10-21)19(26)18-15(2)23-24-30-18/h3-5,7-8,27H,6,9-13H2,1-2H3. The molecule has 0 aliphatic carbocycles. The molecule has 1 aliphatic heterocycles. The molecule has 1 aliphatic rings. The van der Waals surface area contributed by atoms with Crippen LogP contribution in [0.1, 0.15) is 50.2 Å². The van der Waals surface area contributed by atoms with Crippen molar-refractivity contribution < 1.29 is 14.6 Å². The Morgan fingerprint density at radius 1 is 1.20 bits per heavy atom. The van der Waals surface area contributed by atoms with E-state index >= 15 is 0 Å². The highest BCUT2D eigenvalue weighted by molar-refractivity contribution is 7.11. The Kier molecular flexibility index (Phi) is 6.12. The molecule has 3 heterocycles. The number of benzene rings is 1. The third-order valence-corrected chi connectivity index (χ3v) is 7.49. The number of amides is 1. The number of thiazole rings is 1. The second-order valence-electron chi connectivity index (χ2n) is 7.49. The van der Waals surface area contributed by atoms with Gasteiger partial charge in [-0.15, -0.1) is 16.4 Å². The molecule has 1 unspecified atom stereocenters. The largest absolute Gasteiger partial charge is 0.488 e. The van der Waals surface area contributed by atoms with Crippen LogP contribution >= 0.6 is 22.9 Å². The number of hydrogen-bond donors (Lipinski definition) is 1. The molecule has 1 atom stereocenters. The zero-order valence-corrected chi connectivity index (χ0v) is 18.6. The SMILES string of the molecule is Cc1nc(C2(O)CCCN(C(=O)c3snnc3C)CC2)sc1COc1ccccc1. The van der Waals surface area contributed by atoms with Crippen molar-refractivity contribution in [2.75, 3.05) is 13.1 Å². The number of hydrogen-bond acceptors (Lipinski definition) is 8. The summed E-state index contributed by atoms with van der Waals surface area (Å²) in [6.45, 7) is 5.24. The number of rotatable bonds is 5. The number of aromatic nitrogens is 3. The molecule has 0 saturated carbocycles. The molecular weight excluding hydrogens is 420 g/mol. The molecule has 1 amide bonds. The summed E-state index contributed by atoms with van der Waals surface area (Å²) in [5.41, 5.74) is 0.502. The average Bonchev–Trinajstić information content (AvgIpc) is 3.28. The first kappa shape index (κ1) is 20.9. The lowest BCUT2D eigenvalue weighted by Crippen LogP contribution is -2.33. The summed E-state index contributed by atoms with van der Waals surface area (Å²) in [6, 6.07) is 9.66. The minimum absolute atomic E-state index is 0.0565. The average molecular weight is 445 g/mol. The van der Waals surface area contributed by atoms with Crippen molar-refractivity contribution in [1.29, 1.82) is 0 Å². The van der Waals surface area contributed by atoms with E-state index in [0.29, 0.717) is 54.5 Å². The van der Waals surface area contributed by atoms with Gasteiger partial charge in [0.15, 0.2) is 0 Å². The van der Waals surface area contributed by atoms with Gasteiger partial charge in [0.05, 0.1) is 16.3 Å². The van der Waals surface area contributed by atoms with Crippen molar-refractivity contribution >= 4 is 28.8 Å². The summed E-state index contributed by atoms with van der Waals surface area (Å²) in [5, 5.41) is 16.0. The molecule has 0 radical (unpaired) electrons. The van der Waals surface area contributed by atoms with E-state index in [1.165, 1.54) is 11.3 Å². The molecule has 30 heavy (non-hydrogen) atoms. The lowest BCUT2D eigenvalue weighted by molar-refractivity contribution is 0.0209. The lowest BCUT2D eigenvalue weighted by atomic mass is 9.96. The van der Waals surface area contributed by atoms with Crippen LogP contribution in [0.4, 0.5) is 0 Å². The van der Waals surface area contributed by atoms with Gasteiger partial charge in [0, 0.05) is 19.5 Å². The van der Waals surface area contributed by atoms with Gasteiger partial charge in [-0.2, -0.15) is 0 Å². The third-order valence-electron chi connectivity index (χ3n) is 5.35. The summed E-state index contributed by atoms with van der Waals surface area (Å²) in [5.74, 6) is 0.751. The zero-order chi connectivity index (χ0) is 21.1. The molecule has 1 saturated heterocycles. The highest BCUT2D eigenvalue weighted by Gasteiger charge is 2.37. The van der Waals surface area contributed by atoms with Crippen molar-refractivity contribution in [3.05, 3.63) is 56.5 Å². The summed E-state index contributed by atoms with van der Waals surface area (Å²) in [4.78, 5) is 20.8. The van der Waals surface area contributed by atoms with Gasteiger partial charge in [-0.05, 0) is 50.4 Å². The molecule has 1 N–H and O–H groups in total. The minimum atomic E-state index is -1.03. The zero-order valence-electron chi connectivity index (χ0n) is 17.0. The monoisotopic (exact) mass is 444 g/mol. The first-order valence-corrected chi connectivity index (χ1v) is 11.5. The Hall–Kier alpha value is -2.36. The Labute approximate surface area is 183 Å². The maximum Gasteiger partial charge on any atom is 0.267 e. The van der Waals surface area contributed by atoms with Crippen LogP contribution in [0.5, 0.6) is 5.75 Å². The van der Waals surface area contributed by atoms with Crippen LogP contribution in [0.2, 0.25) is 0 Å². The first-order valence-electron chi connectivity index (χ1n) is 9.91. The second-order valence-corrected chi connectivity index (χ2v) is 9.33. The predicted molar refractivity (Wildman–Crippen MR) is 116 cm³/mol. The number of aryl methyl sites for hydroxylation is 2. The molecule has 3 aromatic rings. The number of nitrogens with zero attached hydrogens (tertiary/aromatic N) is 4. The van der Waals surface area contributed by atoms with Crippen LogP contribution in [0.25, 0.3) is 0 Å². The maximum absolute atomic E-state index is 12.8. The molecule has 1 aromatic carbocycles. The second kappa shape index (κ2) is 8.79. The van der Waals surface area contributed by atoms with Gasteiger partial charge in [0.25, 0.3) is 5.91 Å². The normalized spacial score (nSPS) is 19.5. The van der Waals surface area contributed by atoms with Crippen LogP contribution in [0.15, 0.2) is 30.3 Å². The first-order chi connectivity index (χ1) is 14.5. The van der Waals surface area contributed by atoms with E-state index in [-0.39, 0.29) is 5.91 Å². The van der Waals surface area contributed by atoms with Gasteiger partial charge in [-0.1, -0.05) is 22.7 Å². The molecule has 0 bridgehead atoms. The molecular formula is C21H24N4O3S2. The van der Waals surface area contributed by atoms with E-state index in [9.17, 15) is 9.90 Å². The van der Waals surface area contributed by atoms with E-state index in [1.807, 2.05) is 37.3 Å². The van der Waals surface area contributed by atoms with Crippen molar-refractivity contribution in [1.82, 2.24) is 19.5 Å². The van der Waals surface area contributed by atoms with Gasteiger partial charge >= 0.3 is 0 Å². The Bertz CT molecular complexity index is 1020. The lowest BCUT2D eigenvalue weighted by Gasteiger charge is -2.24. The maximum atomic E-state index is 12.8. The van der Waals surface area contributed by atoms with E-state index in [2.05, 4.69) is 14.6 Å². The number of carbonyl (C=O) groups excluding carboxylic acids is 1. The van der Waals surface area contributed by atoms with E-state index in [4.69, 9.17) is 4.74 Å². The molecule has 158 valence electrons. The summed E-state index contributed by atoms with van der Waals surface area (Å²) >= 11 is 2.62. The van der Waals surface area contributed by atoms with Gasteiger partial charge < -0.3 is 14.7 Å². The molecule has 4 rings (SSSR count). The molecule has 1 fully saturated rings. The summed E-state index contributed by atoms with van der Waals surface area (Å²) < 4.78 is 9.72. The number of likely N-dealkylation sites (tertiary alicyclic amines) is 1. The van der Waals surface area contributed by atoms with E-state index < -0.39 is 5.60 Å². The minimum Gasteiger partial charge on any atom is -0.488 e. The highest BCUT2D eigenvalue weighted by atomic mass is 32.1. The van der Waals surface area contributed by atoms with Crippen LogP contribution in [-0.2, 0) is 12.2 Å².